The van der Waals surface area contributed by atoms with Crippen LogP contribution in [-0.2, 0) is 0 Å². The van der Waals surface area contributed by atoms with Crippen LogP contribution in [0.5, 0.6) is 5.75 Å². The van der Waals surface area contributed by atoms with E-state index in [1.807, 2.05) is 54.6 Å². The van der Waals surface area contributed by atoms with Gasteiger partial charge in [-0.15, -0.1) is 0 Å². The minimum atomic E-state index is -0.988. The zero-order chi connectivity index (χ0) is 19.8. The van der Waals surface area contributed by atoms with Gasteiger partial charge in [0.25, 0.3) is 0 Å². The Kier molecular flexibility index (Phi) is 6.78. The molecule has 0 aromatic heterocycles. The van der Waals surface area contributed by atoms with Crippen molar-refractivity contribution in [3.05, 3.63) is 102 Å². The third-order valence-electron chi connectivity index (χ3n) is 4.44. The first-order chi connectivity index (χ1) is 13.7. The Morgan fingerprint density at radius 1 is 0.821 bits per heavy atom. The summed E-state index contributed by atoms with van der Waals surface area (Å²) >= 11 is 0. The third kappa shape index (κ3) is 4.76. The van der Waals surface area contributed by atoms with Crippen molar-refractivity contribution in [3.8, 4) is 5.75 Å². The summed E-state index contributed by atoms with van der Waals surface area (Å²) in [6, 6.07) is 26.4. The van der Waals surface area contributed by atoms with E-state index in [1.165, 1.54) is 4.90 Å². The second-order valence-corrected chi connectivity index (χ2v) is 6.31. The predicted molar refractivity (Wildman–Crippen MR) is 107 cm³/mol. The molecule has 3 aromatic rings. The van der Waals surface area contributed by atoms with E-state index >= 15 is 0 Å². The number of rotatable bonds is 7. The molecule has 3 aromatic carbocycles. The Morgan fingerprint density at radius 2 is 1.32 bits per heavy atom. The summed E-state index contributed by atoms with van der Waals surface area (Å²) in [4.78, 5) is 14.3. The second kappa shape index (κ2) is 9.69. The highest BCUT2D eigenvalue weighted by molar-refractivity contribution is 5.71. The van der Waals surface area contributed by atoms with Crippen LogP contribution in [0.4, 0.5) is 4.79 Å². The number of amides is 1. The highest BCUT2D eigenvalue weighted by Crippen LogP contribution is 2.34. The summed E-state index contributed by atoms with van der Waals surface area (Å²) in [5.74, 6) is 0.399. The molecule has 2 atom stereocenters. The van der Waals surface area contributed by atoms with Gasteiger partial charge in [0.05, 0.1) is 12.6 Å². The first kappa shape index (κ1) is 19.6. The number of carbonyl (C=O) groups is 1. The summed E-state index contributed by atoms with van der Waals surface area (Å²) in [5, 5.41) is 20.7. The summed E-state index contributed by atoms with van der Waals surface area (Å²) in [6.07, 6.45) is -1.62. The van der Waals surface area contributed by atoms with E-state index in [2.05, 4.69) is 0 Å². The summed E-state index contributed by atoms with van der Waals surface area (Å²) in [7, 11) is 0. The maximum Gasteiger partial charge on any atom is 0.415 e. The molecule has 0 saturated heterocycles. The molecular weight excluding hydrogens is 354 g/mol. The van der Waals surface area contributed by atoms with Crippen LogP contribution in [-0.4, -0.2) is 34.4 Å². The van der Waals surface area contributed by atoms with Gasteiger partial charge < -0.3 is 14.9 Å². The van der Waals surface area contributed by atoms with Gasteiger partial charge in [0, 0.05) is 6.54 Å². The third-order valence-corrected chi connectivity index (χ3v) is 4.44. The zero-order valence-electron chi connectivity index (χ0n) is 15.4. The van der Waals surface area contributed by atoms with E-state index in [4.69, 9.17) is 4.74 Å². The number of carbonyl (C=O) groups excluding carboxylic acids is 1. The van der Waals surface area contributed by atoms with Crippen molar-refractivity contribution >= 4 is 6.09 Å². The minimum Gasteiger partial charge on any atom is -0.410 e. The predicted octanol–water partition coefficient (Wildman–Crippen LogP) is 3.95. The smallest absolute Gasteiger partial charge is 0.410 e. The molecule has 0 bridgehead atoms. The number of para-hydroxylation sites is 1. The lowest BCUT2D eigenvalue weighted by atomic mass is 9.94. The fourth-order valence-corrected chi connectivity index (χ4v) is 3.12. The Morgan fingerprint density at radius 3 is 1.86 bits per heavy atom. The monoisotopic (exact) mass is 377 g/mol. The number of ether oxygens (including phenoxy) is 1. The van der Waals surface area contributed by atoms with Gasteiger partial charge in [-0.2, -0.15) is 0 Å². The molecule has 144 valence electrons. The molecule has 0 aliphatic rings. The first-order valence-electron chi connectivity index (χ1n) is 9.13. The lowest BCUT2D eigenvalue weighted by Crippen LogP contribution is -2.41. The fourth-order valence-electron chi connectivity index (χ4n) is 3.12. The van der Waals surface area contributed by atoms with Crippen LogP contribution in [0, 0.1) is 0 Å². The van der Waals surface area contributed by atoms with Crippen LogP contribution in [0.15, 0.2) is 91.0 Å². The van der Waals surface area contributed by atoms with Gasteiger partial charge in [-0.05, 0) is 23.3 Å². The van der Waals surface area contributed by atoms with E-state index in [0.29, 0.717) is 11.3 Å². The van der Waals surface area contributed by atoms with Crippen molar-refractivity contribution in [1.82, 2.24) is 4.90 Å². The standard InChI is InChI=1S/C23H23NO4/c25-17-16-24(23(27)28-20-14-8-3-9-15-20)21(18-10-4-1-5-11-18)22(26)19-12-6-2-7-13-19/h1-15,21-22,25-26H,16-17H2/t21-,22-/m0/s1. The zero-order valence-corrected chi connectivity index (χ0v) is 15.4. The van der Waals surface area contributed by atoms with E-state index in [9.17, 15) is 15.0 Å². The molecule has 5 heteroatoms. The molecule has 28 heavy (non-hydrogen) atoms. The molecule has 0 heterocycles. The number of nitrogens with zero attached hydrogens (tertiary/aromatic N) is 1. The maximum absolute atomic E-state index is 12.9. The van der Waals surface area contributed by atoms with Crippen molar-refractivity contribution < 1.29 is 19.7 Å². The molecule has 3 rings (SSSR count). The average molecular weight is 377 g/mol. The molecule has 0 radical (unpaired) electrons. The van der Waals surface area contributed by atoms with E-state index in [0.717, 1.165) is 5.56 Å². The SMILES string of the molecule is O=C(Oc1ccccc1)N(CCO)[C@@H](c1ccccc1)[C@@H](O)c1ccccc1. The van der Waals surface area contributed by atoms with Crippen LogP contribution in [0.25, 0.3) is 0 Å². The molecule has 0 saturated carbocycles. The largest absolute Gasteiger partial charge is 0.415 e. The van der Waals surface area contributed by atoms with Crippen LogP contribution < -0.4 is 4.74 Å². The van der Waals surface area contributed by atoms with Crippen LogP contribution in [0.1, 0.15) is 23.3 Å². The summed E-state index contributed by atoms with van der Waals surface area (Å²) < 4.78 is 5.48. The number of hydrogen-bond acceptors (Lipinski definition) is 4. The van der Waals surface area contributed by atoms with Gasteiger partial charge >= 0.3 is 6.09 Å². The lowest BCUT2D eigenvalue weighted by molar-refractivity contribution is 0.0416. The van der Waals surface area contributed by atoms with Crippen molar-refractivity contribution in [2.45, 2.75) is 12.1 Å². The highest BCUT2D eigenvalue weighted by Gasteiger charge is 2.33. The summed E-state index contributed by atoms with van der Waals surface area (Å²) in [5.41, 5.74) is 1.42. The maximum atomic E-state index is 12.9. The molecule has 0 aliphatic heterocycles. The molecule has 2 N–H and O–H groups in total. The number of hydrogen-bond donors (Lipinski definition) is 2. The topological polar surface area (TPSA) is 70.0 Å². The molecular formula is C23H23NO4. The second-order valence-electron chi connectivity index (χ2n) is 6.31. The Hall–Kier alpha value is -3.15. The van der Waals surface area contributed by atoms with E-state index < -0.39 is 18.2 Å². The molecule has 5 nitrogen and oxygen atoms in total. The number of aliphatic hydroxyl groups is 2. The van der Waals surface area contributed by atoms with E-state index in [1.54, 1.807) is 36.4 Å². The molecule has 0 unspecified atom stereocenters. The van der Waals surface area contributed by atoms with Gasteiger partial charge in [0.1, 0.15) is 11.9 Å². The van der Waals surface area contributed by atoms with Gasteiger partial charge in [-0.25, -0.2) is 4.79 Å². The van der Waals surface area contributed by atoms with Crippen LogP contribution in [0.3, 0.4) is 0 Å². The average Bonchev–Trinajstić information content (AvgIpc) is 2.75. The molecule has 0 fully saturated rings. The van der Waals surface area contributed by atoms with Crippen molar-refractivity contribution in [2.75, 3.05) is 13.2 Å². The van der Waals surface area contributed by atoms with Crippen LogP contribution >= 0.6 is 0 Å². The fraction of sp³-hybridized carbons (Fsp3) is 0.174. The van der Waals surface area contributed by atoms with E-state index in [-0.39, 0.29) is 13.2 Å². The van der Waals surface area contributed by atoms with Crippen molar-refractivity contribution in [3.63, 3.8) is 0 Å². The van der Waals surface area contributed by atoms with Crippen molar-refractivity contribution in [2.24, 2.45) is 0 Å². The normalized spacial score (nSPS) is 12.8. The van der Waals surface area contributed by atoms with Crippen molar-refractivity contribution in [1.29, 1.82) is 0 Å². The number of benzene rings is 3. The lowest BCUT2D eigenvalue weighted by Gasteiger charge is -2.34. The van der Waals surface area contributed by atoms with Gasteiger partial charge in [0.15, 0.2) is 0 Å². The van der Waals surface area contributed by atoms with Crippen LogP contribution in [0.2, 0.25) is 0 Å². The quantitative estimate of drug-likeness (QED) is 0.654. The molecule has 0 aliphatic carbocycles. The molecule has 0 spiro atoms. The summed E-state index contributed by atoms with van der Waals surface area (Å²) in [6.45, 7) is -0.232. The Bertz CT molecular complexity index is 856. The Balaban J connectivity index is 1.96. The first-order valence-corrected chi connectivity index (χ1v) is 9.13. The Labute approximate surface area is 164 Å². The molecule has 1 amide bonds. The van der Waals surface area contributed by atoms with Gasteiger partial charge in [0.2, 0.25) is 0 Å². The minimum absolute atomic E-state index is 0.0229. The van der Waals surface area contributed by atoms with Gasteiger partial charge in [-0.3, -0.25) is 4.90 Å². The van der Waals surface area contributed by atoms with Gasteiger partial charge in [-0.1, -0.05) is 78.9 Å². The number of aliphatic hydroxyl groups excluding tert-OH is 2. The highest BCUT2D eigenvalue weighted by atomic mass is 16.6.